The molecule has 0 bridgehead atoms. The molecule has 9 nitrogen and oxygen atoms in total. The Labute approximate surface area is 217 Å². The van der Waals surface area contributed by atoms with Crippen molar-refractivity contribution in [2.75, 3.05) is 61.7 Å². The van der Waals surface area contributed by atoms with Crippen LogP contribution >= 0.6 is 0 Å². The number of rotatable bonds is 7. The number of hydrogen-bond acceptors (Lipinski definition) is 7. The molecule has 4 rings (SSSR count). The van der Waals surface area contributed by atoms with Crippen LogP contribution in [0.15, 0.2) is 29.8 Å². The highest BCUT2D eigenvalue weighted by atomic mass is 16.5. The first kappa shape index (κ1) is 26.2. The van der Waals surface area contributed by atoms with Gasteiger partial charge in [0, 0.05) is 42.9 Å². The monoisotopic (exact) mass is 510 g/mol. The van der Waals surface area contributed by atoms with Gasteiger partial charge in [0.1, 0.15) is 0 Å². The molecule has 2 aromatic rings. The molecule has 1 fully saturated rings. The third-order valence-corrected chi connectivity index (χ3v) is 6.93. The Morgan fingerprint density at radius 2 is 1.24 bits per heavy atom. The third-order valence-electron chi connectivity index (χ3n) is 6.93. The van der Waals surface area contributed by atoms with E-state index >= 15 is 0 Å². The Kier molecular flexibility index (Phi) is 8.11. The number of piperazine rings is 1. The molecule has 0 aromatic heterocycles. The number of ether oxygens (including phenoxy) is 5. The number of amides is 2. The summed E-state index contributed by atoms with van der Waals surface area (Å²) in [5, 5.41) is 0. The van der Waals surface area contributed by atoms with Gasteiger partial charge in [-0.25, -0.2) is 0 Å². The fourth-order valence-corrected chi connectivity index (χ4v) is 4.99. The van der Waals surface area contributed by atoms with E-state index in [2.05, 4.69) is 0 Å². The normalized spacial score (nSPS) is 15.2. The molecule has 0 unspecified atom stereocenters. The molecule has 1 heterocycles. The Hall–Kier alpha value is -3.88. The summed E-state index contributed by atoms with van der Waals surface area (Å²) in [6.07, 6.45) is 4.30. The van der Waals surface area contributed by atoms with Crippen molar-refractivity contribution in [1.29, 1.82) is 0 Å². The molecular weight excluding hydrogens is 476 g/mol. The maximum atomic E-state index is 13.4. The van der Waals surface area contributed by atoms with Crippen LogP contribution < -0.4 is 23.7 Å². The summed E-state index contributed by atoms with van der Waals surface area (Å²) in [4.78, 5) is 30.3. The summed E-state index contributed by atoms with van der Waals surface area (Å²) in [7, 11) is 7.81. The highest BCUT2D eigenvalue weighted by Crippen LogP contribution is 2.39. The van der Waals surface area contributed by atoms with E-state index in [1.54, 1.807) is 31.3 Å². The lowest BCUT2D eigenvalue weighted by molar-refractivity contribution is -0.128. The number of hydrogen-bond donors (Lipinski definition) is 0. The SMILES string of the molecule is COc1cc(C(=O)N2CCN(C(=O)C3=Cc4ccc(OC)c(OC)c4CCC3)CC2)cc(OC)c1OC. The molecule has 198 valence electrons. The highest BCUT2D eigenvalue weighted by molar-refractivity contribution is 5.99. The largest absolute Gasteiger partial charge is 0.493 e. The Balaban J connectivity index is 1.47. The van der Waals surface area contributed by atoms with Crippen LogP contribution in [0, 0.1) is 0 Å². The van der Waals surface area contributed by atoms with Gasteiger partial charge in [0.25, 0.3) is 5.91 Å². The van der Waals surface area contributed by atoms with Crippen LogP contribution in [-0.2, 0) is 11.2 Å². The zero-order chi connectivity index (χ0) is 26.5. The first-order chi connectivity index (χ1) is 17.9. The van der Waals surface area contributed by atoms with Gasteiger partial charge in [-0.15, -0.1) is 0 Å². The maximum absolute atomic E-state index is 13.4. The standard InChI is InChI=1S/C28H34N2O7/c1-33-22-10-9-18-15-19(7-6-8-21(18)25(22)36-4)27(31)29-11-13-30(14-12-29)28(32)20-16-23(34-2)26(37-5)24(17-20)35-3/h9-10,15-17H,6-8,11-14H2,1-5H3. The Bertz CT molecular complexity index is 1170. The molecule has 0 atom stereocenters. The zero-order valence-corrected chi connectivity index (χ0v) is 22.1. The molecule has 0 saturated carbocycles. The van der Waals surface area contributed by atoms with Gasteiger partial charge < -0.3 is 33.5 Å². The van der Waals surface area contributed by atoms with Crippen molar-refractivity contribution < 1.29 is 33.3 Å². The van der Waals surface area contributed by atoms with E-state index in [1.165, 1.54) is 21.3 Å². The van der Waals surface area contributed by atoms with Crippen molar-refractivity contribution in [1.82, 2.24) is 9.80 Å². The van der Waals surface area contributed by atoms with E-state index in [0.29, 0.717) is 61.2 Å². The minimum absolute atomic E-state index is 0.0162. The van der Waals surface area contributed by atoms with Crippen LogP contribution in [0.1, 0.15) is 34.3 Å². The molecule has 2 aliphatic rings. The number of fused-ring (bicyclic) bond motifs is 1. The predicted octanol–water partition coefficient (Wildman–Crippen LogP) is 3.43. The van der Waals surface area contributed by atoms with Gasteiger partial charge in [0.05, 0.1) is 35.5 Å². The lowest BCUT2D eigenvalue weighted by Gasteiger charge is -2.35. The van der Waals surface area contributed by atoms with Crippen LogP contribution in [0.5, 0.6) is 28.7 Å². The highest BCUT2D eigenvalue weighted by Gasteiger charge is 2.29. The van der Waals surface area contributed by atoms with E-state index in [1.807, 2.05) is 23.1 Å². The average Bonchev–Trinajstić information content (AvgIpc) is 3.17. The Morgan fingerprint density at radius 1 is 0.676 bits per heavy atom. The van der Waals surface area contributed by atoms with Crippen LogP contribution in [-0.4, -0.2) is 83.3 Å². The molecular formula is C28H34N2O7. The fourth-order valence-electron chi connectivity index (χ4n) is 4.99. The van der Waals surface area contributed by atoms with Crippen LogP contribution in [0.3, 0.4) is 0 Å². The summed E-state index contributed by atoms with van der Waals surface area (Å²) < 4.78 is 27.2. The molecule has 0 N–H and O–H groups in total. The van der Waals surface area contributed by atoms with Gasteiger partial charge in [0.2, 0.25) is 11.7 Å². The summed E-state index contributed by atoms with van der Waals surface area (Å²) >= 11 is 0. The summed E-state index contributed by atoms with van der Waals surface area (Å²) in [6, 6.07) is 7.15. The van der Waals surface area contributed by atoms with Gasteiger partial charge >= 0.3 is 0 Å². The van der Waals surface area contributed by atoms with Gasteiger partial charge in [-0.2, -0.15) is 0 Å². The van der Waals surface area contributed by atoms with Gasteiger partial charge in [-0.05, 0) is 49.1 Å². The second kappa shape index (κ2) is 11.5. The van der Waals surface area contributed by atoms with Gasteiger partial charge in [-0.1, -0.05) is 6.07 Å². The molecule has 1 aliphatic heterocycles. The number of carbonyl (C=O) groups is 2. The Morgan fingerprint density at radius 3 is 1.78 bits per heavy atom. The van der Waals surface area contributed by atoms with E-state index in [-0.39, 0.29) is 11.8 Å². The molecule has 1 aliphatic carbocycles. The summed E-state index contributed by atoms with van der Waals surface area (Å²) in [5.74, 6) is 2.58. The quantitative estimate of drug-likeness (QED) is 0.564. The second-order valence-electron chi connectivity index (χ2n) is 8.89. The predicted molar refractivity (Wildman–Crippen MR) is 139 cm³/mol. The van der Waals surface area contributed by atoms with E-state index < -0.39 is 0 Å². The van der Waals surface area contributed by atoms with Crippen molar-refractivity contribution in [3.05, 3.63) is 46.5 Å². The number of methoxy groups -OCH3 is 5. The summed E-state index contributed by atoms with van der Waals surface area (Å²) in [6.45, 7) is 1.81. The van der Waals surface area contributed by atoms with E-state index in [4.69, 9.17) is 23.7 Å². The average molecular weight is 511 g/mol. The van der Waals surface area contributed by atoms with Gasteiger partial charge in [0.15, 0.2) is 23.0 Å². The molecule has 0 spiro atoms. The van der Waals surface area contributed by atoms with Crippen molar-refractivity contribution in [3.8, 4) is 28.7 Å². The van der Waals surface area contributed by atoms with E-state index in [0.717, 1.165) is 35.3 Å². The second-order valence-corrected chi connectivity index (χ2v) is 8.89. The van der Waals surface area contributed by atoms with Gasteiger partial charge in [-0.3, -0.25) is 9.59 Å². The lowest BCUT2D eigenvalue weighted by atomic mass is 10.0. The smallest absolute Gasteiger partial charge is 0.254 e. The summed E-state index contributed by atoms with van der Waals surface area (Å²) in [5.41, 5.74) is 3.26. The number of carbonyl (C=O) groups excluding carboxylic acids is 2. The molecule has 2 aromatic carbocycles. The van der Waals surface area contributed by atoms with Crippen molar-refractivity contribution in [2.24, 2.45) is 0 Å². The van der Waals surface area contributed by atoms with Crippen LogP contribution in [0.25, 0.3) is 6.08 Å². The third kappa shape index (κ3) is 5.16. The van der Waals surface area contributed by atoms with Crippen LogP contribution in [0.2, 0.25) is 0 Å². The fraction of sp³-hybridized carbons (Fsp3) is 0.429. The molecule has 37 heavy (non-hydrogen) atoms. The van der Waals surface area contributed by atoms with Crippen molar-refractivity contribution >= 4 is 17.9 Å². The van der Waals surface area contributed by atoms with Crippen molar-refractivity contribution in [2.45, 2.75) is 19.3 Å². The first-order valence-corrected chi connectivity index (χ1v) is 12.3. The number of nitrogens with zero attached hydrogens (tertiary/aromatic N) is 2. The number of benzene rings is 2. The maximum Gasteiger partial charge on any atom is 0.254 e. The molecule has 0 radical (unpaired) electrons. The molecule has 9 heteroatoms. The zero-order valence-electron chi connectivity index (χ0n) is 22.1. The van der Waals surface area contributed by atoms with E-state index in [9.17, 15) is 9.59 Å². The minimum atomic E-state index is -0.144. The molecule has 1 saturated heterocycles. The molecule has 2 amide bonds. The minimum Gasteiger partial charge on any atom is -0.493 e. The first-order valence-electron chi connectivity index (χ1n) is 12.3. The van der Waals surface area contributed by atoms with Crippen LogP contribution in [0.4, 0.5) is 0 Å². The lowest BCUT2D eigenvalue weighted by Crippen LogP contribution is -2.50. The topological polar surface area (TPSA) is 86.8 Å². The van der Waals surface area contributed by atoms with Crippen molar-refractivity contribution in [3.63, 3.8) is 0 Å².